The van der Waals surface area contributed by atoms with Gasteiger partial charge in [-0.25, -0.2) is 0 Å². The molecule has 0 heterocycles. The van der Waals surface area contributed by atoms with Crippen LogP contribution >= 0.6 is 31.9 Å². The molecule has 1 unspecified atom stereocenters. The van der Waals surface area contributed by atoms with E-state index < -0.39 is 0 Å². The molecule has 0 fully saturated rings. The molecule has 0 amide bonds. The van der Waals surface area contributed by atoms with E-state index in [2.05, 4.69) is 102 Å². The predicted octanol–water partition coefficient (Wildman–Crippen LogP) is 6.54. The van der Waals surface area contributed by atoms with Crippen molar-refractivity contribution in [2.75, 3.05) is 0 Å². The Balaban J connectivity index is 2.34. The summed E-state index contributed by atoms with van der Waals surface area (Å²) in [5, 5.41) is 0. The highest BCUT2D eigenvalue weighted by atomic mass is 79.9. The normalized spacial score (nSPS) is 13.3. The summed E-state index contributed by atoms with van der Waals surface area (Å²) in [5.41, 5.74) is 5.39. The molecule has 2 aromatic carbocycles. The van der Waals surface area contributed by atoms with Crippen molar-refractivity contribution < 1.29 is 0 Å². The van der Waals surface area contributed by atoms with Gasteiger partial charge in [-0.1, -0.05) is 94.6 Å². The van der Waals surface area contributed by atoms with Gasteiger partial charge in [-0.2, -0.15) is 0 Å². The number of aryl methyl sites for hydroxylation is 1. The van der Waals surface area contributed by atoms with Crippen molar-refractivity contribution in [3.05, 3.63) is 69.2 Å². The van der Waals surface area contributed by atoms with Crippen LogP contribution in [0.5, 0.6) is 0 Å². The molecule has 0 spiro atoms. The number of benzene rings is 2. The Kier molecular flexibility index (Phi) is 4.76. The largest absolute Gasteiger partial charge is 0.0786 e. The molecule has 0 radical (unpaired) electrons. The summed E-state index contributed by atoms with van der Waals surface area (Å²) in [6.07, 6.45) is 0. The van der Waals surface area contributed by atoms with Gasteiger partial charge in [-0.3, -0.25) is 0 Å². The van der Waals surface area contributed by atoms with Crippen molar-refractivity contribution in [1.82, 2.24) is 0 Å². The van der Waals surface area contributed by atoms with Crippen molar-refractivity contribution >= 4 is 31.9 Å². The van der Waals surface area contributed by atoms with Crippen LogP contribution in [0, 0.1) is 6.92 Å². The van der Waals surface area contributed by atoms with E-state index in [1.165, 1.54) is 22.3 Å². The first-order chi connectivity index (χ1) is 9.29. The molecule has 2 rings (SSSR count). The molecule has 0 aliphatic carbocycles. The smallest absolute Gasteiger partial charge is 0.0655 e. The van der Waals surface area contributed by atoms with E-state index in [9.17, 15) is 0 Å². The standard InChI is InChI=1S/C18H20Br2/c1-12-5-10-16(19)15(11-12)17(20)13-6-8-14(9-7-13)18(2,3)4/h5-11,17H,1-4H3. The zero-order valence-electron chi connectivity index (χ0n) is 12.4. The zero-order chi connectivity index (χ0) is 14.9. The van der Waals surface area contributed by atoms with E-state index in [0.29, 0.717) is 0 Å². The van der Waals surface area contributed by atoms with Crippen LogP contribution < -0.4 is 0 Å². The van der Waals surface area contributed by atoms with E-state index in [1.807, 2.05) is 0 Å². The molecule has 1 atom stereocenters. The van der Waals surface area contributed by atoms with Gasteiger partial charge >= 0.3 is 0 Å². The van der Waals surface area contributed by atoms with Crippen LogP contribution in [-0.4, -0.2) is 0 Å². The number of hydrogen-bond acceptors (Lipinski definition) is 0. The minimum absolute atomic E-state index is 0.199. The molecule has 2 aromatic rings. The summed E-state index contributed by atoms with van der Waals surface area (Å²) in [4.78, 5) is 0.214. The van der Waals surface area contributed by atoms with Crippen molar-refractivity contribution in [2.24, 2.45) is 0 Å². The molecule has 0 aliphatic rings. The Labute approximate surface area is 138 Å². The second-order valence-electron chi connectivity index (χ2n) is 6.26. The lowest BCUT2D eigenvalue weighted by molar-refractivity contribution is 0.590. The van der Waals surface area contributed by atoms with Crippen LogP contribution in [0.3, 0.4) is 0 Å². The van der Waals surface area contributed by atoms with Crippen LogP contribution in [0.4, 0.5) is 0 Å². The maximum Gasteiger partial charge on any atom is 0.0655 e. The van der Waals surface area contributed by atoms with Gasteiger partial charge in [-0.05, 0) is 35.1 Å². The minimum atomic E-state index is 0.199. The predicted molar refractivity (Wildman–Crippen MR) is 94.8 cm³/mol. The lowest BCUT2D eigenvalue weighted by atomic mass is 9.86. The first-order valence-corrected chi connectivity index (χ1v) is 8.50. The molecule has 0 bridgehead atoms. The molecule has 106 valence electrons. The molecule has 0 saturated carbocycles. The molecule has 0 saturated heterocycles. The van der Waals surface area contributed by atoms with Crippen molar-refractivity contribution in [1.29, 1.82) is 0 Å². The average molecular weight is 396 g/mol. The number of rotatable bonds is 2. The molecule has 0 aromatic heterocycles. The van der Waals surface area contributed by atoms with E-state index in [4.69, 9.17) is 0 Å². The minimum Gasteiger partial charge on any atom is -0.0786 e. The highest BCUT2D eigenvalue weighted by Crippen LogP contribution is 2.36. The molecule has 2 heteroatoms. The summed E-state index contributed by atoms with van der Waals surface area (Å²) < 4.78 is 1.14. The van der Waals surface area contributed by atoms with Gasteiger partial charge in [0.25, 0.3) is 0 Å². The summed E-state index contributed by atoms with van der Waals surface area (Å²) in [6.45, 7) is 8.85. The van der Waals surface area contributed by atoms with Gasteiger partial charge in [0.1, 0.15) is 0 Å². The molecule has 20 heavy (non-hydrogen) atoms. The second kappa shape index (κ2) is 6.03. The van der Waals surface area contributed by atoms with Gasteiger partial charge in [-0.15, -0.1) is 0 Å². The fraction of sp³-hybridized carbons (Fsp3) is 0.333. The summed E-state index contributed by atoms with van der Waals surface area (Å²) in [5.74, 6) is 0. The Morgan fingerprint density at radius 1 is 0.950 bits per heavy atom. The summed E-state index contributed by atoms with van der Waals surface area (Å²) in [6, 6.07) is 15.4. The quantitative estimate of drug-likeness (QED) is 0.506. The maximum atomic E-state index is 3.82. The third-order valence-electron chi connectivity index (χ3n) is 3.49. The number of halogens is 2. The highest BCUT2D eigenvalue weighted by molar-refractivity contribution is 9.11. The van der Waals surface area contributed by atoms with Crippen LogP contribution in [0.15, 0.2) is 46.9 Å². The fourth-order valence-electron chi connectivity index (χ4n) is 2.19. The molecule has 0 N–H and O–H groups in total. The van der Waals surface area contributed by atoms with Crippen molar-refractivity contribution in [3.63, 3.8) is 0 Å². The summed E-state index contributed by atoms with van der Waals surface area (Å²) in [7, 11) is 0. The van der Waals surface area contributed by atoms with Crippen LogP contribution in [-0.2, 0) is 5.41 Å². The highest BCUT2D eigenvalue weighted by Gasteiger charge is 2.16. The second-order valence-corrected chi connectivity index (χ2v) is 8.03. The Hall–Kier alpha value is -0.600. The third-order valence-corrected chi connectivity index (χ3v) is 5.24. The van der Waals surface area contributed by atoms with Crippen molar-refractivity contribution in [2.45, 2.75) is 37.9 Å². The Bertz CT molecular complexity index is 592. The number of hydrogen-bond donors (Lipinski definition) is 0. The van der Waals surface area contributed by atoms with Gasteiger partial charge in [0.2, 0.25) is 0 Å². The monoisotopic (exact) mass is 394 g/mol. The SMILES string of the molecule is Cc1ccc(Br)c(C(Br)c2ccc(C(C)(C)C)cc2)c1. The molecular formula is C18H20Br2. The molecule has 0 nitrogen and oxygen atoms in total. The molecular weight excluding hydrogens is 376 g/mol. The zero-order valence-corrected chi connectivity index (χ0v) is 15.5. The van der Waals surface area contributed by atoms with Gasteiger partial charge in [0, 0.05) is 4.47 Å². The average Bonchev–Trinajstić information content (AvgIpc) is 2.40. The van der Waals surface area contributed by atoms with Gasteiger partial charge < -0.3 is 0 Å². The topological polar surface area (TPSA) is 0 Å². The lowest BCUT2D eigenvalue weighted by Crippen LogP contribution is -2.10. The first-order valence-electron chi connectivity index (χ1n) is 6.79. The van der Waals surface area contributed by atoms with Crippen molar-refractivity contribution in [3.8, 4) is 0 Å². The van der Waals surface area contributed by atoms with E-state index in [1.54, 1.807) is 0 Å². The number of alkyl halides is 1. The lowest BCUT2D eigenvalue weighted by Gasteiger charge is -2.20. The van der Waals surface area contributed by atoms with Gasteiger partial charge in [0.15, 0.2) is 0 Å². The van der Waals surface area contributed by atoms with Gasteiger partial charge in [0.05, 0.1) is 4.83 Å². The van der Waals surface area contributed by atoms with E-state index >= 15 is 0 Å². The first kappa shape index (κ1) is 15.8. The van der Waals surface area contributed by atoms with Crippen LogP contribution in [0.1, 0.15) is 47.9 Å². The molecule has 0 aliphatic heterocycles. The Morgan fingerprint density at radius 2 is 1.55 bits per heavy atom. The Morgan fingerprint density at radius 3 is 2.10 bits per heavy atom. The maximum absolute atomic E-state index is 3.82. The summed E-state index contributed by atoms with van der Waals surface area (Å²) >= 11 is 7.47. The van der Waals surface area contributed by atoms with Crippen LogP contribution in [0.25, 0.3) is 0 Å². The van der Waals surface area contributed by atoms with E-state index in [0.717, 1.165) is 4.47 Å². The van der Waals surface area contributed by atoms with E-state index in [-0.39, 0.29) is 10.2 Å². The van der Waals surface area contributed by atoms with Crippen LogP contribution in [0.2, 0.25) is 0 Å². The fourth-order valence-corrected chi connectivity index (χ4v) is 3.66. The third kappa shape index (κ3) is 3.53.